The molecule has 1 amide bonds. The summed E-state index contributed by atoms with van der Waals surface area (Å²) in [4.78, 5) is 26.7. The van der Waals surface area contributed by atoms with Crippen LogP contribution in [-0.4, -0.2) is 43.8 Å². The molecule has 0 heterocycles. The van der Waals surface area contributed by atoms with E-state index in [4.69, 9.17) is 4.74 Å². The Balaban J connectivity index is 3.43. The number of ether oxygens (including phenoxy) is 2. The van der Waals surface area contributed by atoms with Gasteiger partial charge in [-0.05, 0) is 0 Å². The fraction of sp³-hybridized carbons (Fsp3) is 0.364. The molecule has 0 bridgehead atoms. The van der Waals surface area contributed by atoms with Crippen molar-refractivity contribution in [3.8, 4) is 11.5 Å². The molecular formula is C11H12F2N2O6. The normalized spacial score (nSPS) is 10.4. The lowest BCUT2D eigenvalue weighted by Gasteiger charge is -2.15. The summed E-state index contributed by atoms with van der Waals surface area (Å²) in [6, 6.07) is 1.63. The van der Waals surface area contributed by atoms with E-state index in [1.54, 1.807) is 0 Å². The Kier molecular flexibility index (Phi) is 5.36. The molecule has 0 saturated carbocycles. The number of benzene rings is 1. The quantitative estimate of drug-likeness (QED) is 0.588. The van der Waals surface area contributed by atoms with Gasteiger partial charge in [-0.1, -0.05) is 0 Å². The minimum atomic E-state index is -3.19. The van der Waals surface area contributed by atoms with Gasteiger partial charge in [-0.25, -0.2) is 5.06 Å². The number of methoxy groups -OCH3 is 1. The van der Waals surface area contributed by atoms with E-state index in [9.17, 15) is 23.7 Å². The van der Waals surface area contributed by atoms with Gasteiger partial charge in [0.25, 0.3) is 11.6 Å². The number of hydrogen-bond donors (Lipinski definition) is 0. The van der Waals surface area contributed by atoms with Crippen molar-refractivity contribution in [3.63, 3.8) is 0 Å². The number of carbonyl (C=O) groups is 1. The number of carbonyl (C=O) groups excluding carboxylic acids is 1. The highest BCUT2D eigenvalue weighted by atomic mass is 19.3. The number of hydrogen-bond acceptors (Lipinski definition) is 6. The summed E-state index contributed by atoms with van der Waals surface area (Å²) in [6.45, 7) is -3.19. The molecule has 8 nitrogen and oxygen atoms in total. The Morgan fingerprint density at radius 2 is 1.95 bits per heavy atom. The van der Waals surface area contributed by atoms with E-state index in [-0.39, 0.29) is 11.3 Å². The van der Waals surface area contributed by atoms with Crippen molar-refractivity contribution in [2.45, 2.75) is 6.61 Å². The average Bonchev–Trinajstić information content (AvgIpc) is 2.44. The highest BCUT2D eigenvalue weighted by Crippen LogP contribution is 2.36. The van der Waals surface area contributed by atoms with E-state index in [1.807, 2.05) is 0 Å². The summed E-state index contributed by atoms with van der Waals surface area (Å²) < 4.78 is 33.5. The summed E-state index contributed by atoms with van der Waals surface area (Å²) in [7, 11) is 3.57. The second-order valence-corrected chi connectivity index (χ2v) is 3.64. The molecule has 0 fully saturated rings. The number of halogens is 2. The monoisotopic (exact) mass is 306 g/mol. The number of amides is 1. The topological polar surface area (TPSA) is 91.1 Å². The molecule has 21 heavy (non-hydrogen) atoms. The fourth-order valence-corrected chi connectivity index (χ4v) is 1.47. The molecule has 0 aliphatic carbocycles. The fourth-order valence-electron chi connectivity index (χ4n) is 1.47. The zero-order valence-corrected chi connectivity index (χ0v) is 11.3. The van der Waals surface area contributed by atoms with E-state index >= 15 is 0 Å². The highest BCUT2D eigenvalue weighted by molar-refractivity contribution is 5.98. The van der Waals surface area contributed by atoms with Crippen molar-refractivity contribution in [1.82, 2.24) is 5.06 Å². The van der Waals surface area contributed by atoms with E-state index in [1.165, 1.54) is 14.2 Å². The van der Waals surface area contributed by atoms with E-state index < -0.39 is 28.9 Å². The zero-order chi connectivity index (χ0) is 16.2. The molecule has 0 atom stereocenters. The van der Waals surface area contributed by atoms with Gasteiger partial charge in [0.15, 0.2) is 11.5 Å². The summed E-state index contributed by atoms with van der Waals surface area (Å²) >= 11 is 0. The Morgan fingerprint density at radius 3 is 2.38 bits per heavy atom. The van der Waals surface area contributed by atoms with Crippen LogP contribution in [0.4, 0.5) is 14.5 Å². The van der Waals surface area contributed by atoms with Crippen molar-refractivity contribution < 1.29 is 32.8 Å². The largest absolute Gasteiger partial charge is 0.493 e. The van der Waals surface area contributed by atoms with Crippen LogP contribution in [0, 0.1) is 10.1 Å². The predicted molar refractivity (Wildman–Crippen MR) is 65.4 cm³/mol. The molecule has 1 rings (SSSR count). The van der Waals surface area contributed by atoms with E-state index in [0.717, 1.165) is 18.2 Å². The molecule has 0 aromatic heterocycles. The molecule has 0 saturated heterocycles. The lowest BCUT2D eigenvalue weighted by Crippen LogP contribution is -2.26. The van der Waals surface area contributed by atoms with Crippen LogP contribution in [0.3, 0.4) is 0 Å². The van der Waals surface area contributed by atoms with Crippen molar-refractivity contribution >= 4 is 11.6 Å². The first-order valence-electron chi connectivity index (χ1n) is 5.45. The third kappa shape index (κ3) is 3.75. The molecule has 0 spiro atoms. The van der Waals surface area contributed by atoms with Gasteiger partial charge < -0.3 is 9.47 Å². The number of nitro benzene ring substituents is 1. The van der Waals surface area contributed by atoms with Gasteiger partial charge in [0.1, 0.15) is 5.56 Å². The molecule has 1 aromatic carbocycles. The third-order valence-electron chi connectivity index (χ3n) is 2.48. The summed E-state index contributed by atoms with van der Waals surface area (Å²) in [5.74, 6) is -1.63. The summed E-state index contributed by atoms with van der Waals surface area (Å²) in [5, 5.41) is 11.7. The predicted octanol–water partition coefficient (Wildman–Crippen LogP) is 1.84. The van der Waals surface area contributed by atoms with Gasteiger partial charge in [0.2, 0.25) is 0 Å². The Morgan fingerprint density at radius 1 is 1.33 bits per heavy atom. The Hall–Kier alpha value is -2.49. The zero-order valence-electron chi connectivity index (χ0n) is 11.3. The molecule has 0 N–H and O–H groups in total. The maximum atomic E-state index is 12.3. The third-order valence-corrected chi connectivity index (χ3v) is 2.48. The second kappa shape index (κ2) is 6.79. The van der Waals surface area contributed by atoms with Gasteiger partial charge in [0, 0.05) is 13.1 Å². The highest BCUT2D eigenvalue weighted by Gasteiger charge is 2.27. The first-order valence-corrected chi connectivity index (χ1v) is 5.45. The maximum Gasteiger partial charge on any atom is 0.387 e. The molecule has 10 heteroatoms. The molecule has 1 aromatic rings. The first-order chi connectivity index (χ1) is 9.81. The molecule has 116 valence electrons. The second-order valence-electron chi connectivity index (χ2n) is 3.64. The van der Waals surface area contributed by atoms with Crippen LogP contribution < -0.4 is 9.47 Å². The standard InChI is InChI=1S/C11H12F2N2O6/c1-14(20-3)10(16)6-4-8(19-2)9(21-11(12)13)5-7(6)15(17)18/h4-5,11H,1-3H3. The maximum absolute atomic E-state index is 12.3. The molecule has 0 radical (unpaired) electrons. The number of hydroxylamine groups is 2. The minimum Gasteiger partial charge on any atom is -0.493 e. The van der Waals surface area contributed by atoms with Crippen LogP contribution >= 0.6 is 0 Å². The van der Waals surface area contributed by atoms with Crippen LogP contribution in [0.1, 0.15) is 10.4 Å². The van der Waals surface area contributed by atoms with Gasteiger partial charge in [0.05, 0.1) is 25.2 Å². The van der Waals surface area contributed by atoms with E-state index in [2.05, 4.69) is 9.57 Å². The lowest BCUT2D eigenvalue weighted by molar-refractivity contribution is -0.385. The van der Waals surface area contributed by atoms with Gasteiger partial charge >= 0.3 is 6.61 Å². The first kappa shape index (κ1) is 16.6. The number of alkyl halides is 2. The Bertz CT molecular complexity index is 552. The van der Waals surface area contributed by atoms with Crippen molar-refractivity contribution in [2.75, 3.05) is 21.3 Å². The van der Waals surface area contributed by atoms with E-state index in [0.29, 0.717) is 6.07 Å². The van der Waals surface area contributed by atoms with Crippen LogP contribution in [-0.2, 0) is 4.84 Å². The van der Waals surface area contributed by atoms with Crippen molar-refractivity contribution in [3.05, 3.63) is 27.8 Å². The average molecular weight is 306 g/mol. The van der Waals surface area contributed by atoms with Gasteiger partial charge in [-0.3, -0.25) is 19.7 Å². The van der Waals surface area contributed by atoms with Gasteiger partial charge in [-0.15, -0.1) is 0 Å². The van der Waals surface area contributed by atoms with Crippen LogP contribution in [0.25, 0.3) is 0 Å². The SMILES string of the molecule is COc1cc(C(=O)N(C)OC)c([N+](=O)[O-])cc1OC(F)F. The molecular weight excluding hydrogens is 294 g/mol. The Labute approximate surface area is 117 Å². The number of rotatable bonds is 6. The number of nitro groups is 1. The van der Waals surface area contributed by atoms with Crippen LogP contribution in [0.15, 0.2) is 12.1 Å². The molecule has 0 aliphatic heterocycles. The van der Waals surface area contributed by atoms with Crippen LogP contribution in [0.5, 0.6) is 11.5 Å². The smallest absolute Gasteiger partial charge is 0.387 e. The van der Waals surface area contributed by atoms with Crippen molar-refractivity contribution in [2.24, 2.45) is 0 Å². The number of nitrogens with zero attached hydrogens (tertiary/aromatic N) is 2. The van der Waals surface area contributed by atoms with Crippen LogP contribution in [0.2, 0.25) is 0 Å². The lowest BCUT2D eigenvalue weighted by atomic mass is 10.1. The van der Waals surface area contributed by atoms with Crippen molar-refractivity contribution in [1.29, 1.82) is 0 Å². The molecule has 0 unspecified atom stereocenters. The minimum absolute atomic E-state index is 0.242. The van der Waals surface area contributed by atoms with Gasteiger partial charge in [-0.2, -0.15) is 8.78 Å². The summed E-state index contributed by atoms with van der Waals surface area (Å²) in [6.07, 6.45) is 0. The summed E-state index contributed by atoms with van der Waals surface area (Å²) in [5.41, 5.74) is -1.09. The molecule has 0 aliphatic rings.